The molecule has 0 atom stereocenters. The van der Waals surface area contributed by atoms with Gasteiger partial charge in [-0.2, -0.15) is 5.10 Å². The Balaban J connectivity index is 1.54. The van der Waals surface area contributed by atoms with E-state index in [4.69, 9.17) is 0 Å². The van der Waals surface area contributed by atoms with Crippen LogP contribution in [0.1, 0.15) is 24.8 Å². The van der Waals surface area contributed by atoms with Crippen LogP contribution in [0.15, 0.2) is 42.7 Å². The fourth-order valence-corrected chi connectivity index (χ4v) is 2.39. The Hall–Kier alpha value is -1.65. The summed E-state index contributed by atoms with van der Waals surface area (Å²) in [5.74, 6) is 0. The number of hydrogen-bond acceptors (Lipinski definition) is 3. The molecule has 3 rings (SSSR count). The Morgan fingerprint density at radius 2 is 2.05 bits per heavy atom. The highest BCUT2D eigenvalue weighted by Gasteiger charge is 2.33. The SMILES string of the molecule is OC1(CNCc2ccc(-n3cccn3)cc2)CCC1. The molecule has 1 aromatic carbocycles. The summed E-state index contributed by atoms with van der Waals surface area (Å²) in [5.41, 5.74) is 1.83. The van der Waals surface area contributed by atoms with Gasteiger partial charge in [-0.1, -0.05) is 12.1 Å². The average molecular weight is 257 g/mol. The Kier molecular flexibility index (Phi) is 3.36. The first kappa shape index (κ1) is 12.4. The molecule has 0 bridgehead atoms. The smallest absolute Gasteiger partial charge is 0.0771 e. The van der Waals surface area contributed by atoms with Gasteiger partial charge >= 0.3 is 0 Å². The first-order chi connectivity index (χ1) is 9.25. The van der Waals surface area contributed by atoms with E-state index < -0.39 is 5.60 Å². The summed E-state index contributed by atoms with van der Waals surface area (Å²) in [4.78, 5) is 0. The molecular weight excluding hydrogens is 238 g/mol. The van der Waals surface area contributed by atoms with Crippen molar-refractivity contribution in [3.8, 4) is 5.69 Å². The van der Waals surface area contributed by atoms with Crippen molar-refractivity contribution >= 4 is 0 Å². The van der Waals surface area contributed by atoms with E-state index in [1.54, 1.807) is 6.20 Å². The van der Waals surface area contributed by atoms with Gasteiger partial charge in [0.05, 0.1) is 11.3 Å². The summed E-state index contributed by atoms with van der Waals surface area (Å²) in [6.45, 7) is 1.48. The van der Waals surface area contributed by atoms with Crippen molar-refractivity contribution in [2.24, 2.45) is 0 Å². The number of hydrogen-bond donors (Lipinski definition) is 2. The highest BCUT2D eigenvalue weighted by molar-refractivity contribution is 5.33. The summed E-state index contributed by atoms with van der Waals surface area (Å²) in [6.07, 6.45) is 6.71. The van der Waals surface area contributed by atoms with Gasteiger partial charge < -0.3 is 10.4 Å². The lowest BCUT2D eigenvalue weighted by Crippen LogP contribution is -2.45. The van der Waals surface area contributed by atoms with Gasteiger partial charge in [-0.15, -0.1) is 0 Å². The average Bonchev–Trinajstić information content (AvgIpc) is 2.91. The second-order valence-electron chi connectivity index (χ2n) is 5.30. The van der Waals surface area contributed by atoms with Gasteiger partial charge in [-0.25, -0.2) is 4.68 Å². The molecule has 2 aromatic rings. The van der Waals surface area contributed by atoms with Crippen molar-refractivity contribution in [1.29, 1.82) is 0 Å². The number of nitrogens with one attached hydrogen (secondary N) is 1. The number of aliphatic hydroxyl groups is 1. The summed E-state index contributed by atoms with van der Waals surface area (Å²) in [6, 6.07) is 10.2. The zero-order valence-electron chi connectivity index (χ0n) is 10.9. The van der Waals surface area contributed by atoms with Gasteiger partial charge in [0.15, 0.2) is 0 Å². The Morgan fingerprint density at radius 1 is 1.26 bits per heavy atom. The van der Waals surface area contributed by atoms with Crippen molar-refractivity contribution in [2.75, 3.05) is 6.54 Å². The van der Waals surface area contributed by atoms with E-state index in [0.717, 1.165) is 31.5 Å². The first-order valence-corrected chi connectivity index (χ1v) is 6.77. The monoisotopic (exact) mass is 257 g/mol. The second kappa shape index (κ2) is 5.15. The molecule has 2 N–H and O–H groups in total. The van der Waals surface area contributed by atoms with Gasteiger partial charge in [0.2, 0.25) is 0 Å². The normalized spacial score (nSPS) is 17.1. The summed E-state index contributed by atoms with van der Waals surface area (Å²) < 4.78 is 1.84. The lowest BCUT2D eigenvalue weighted by molar-refractivity contribution is -0.0314. The molecule has 100 valence electrons. The number of rotatable bonds is 5. The fourth-order valence-electron chi connectivity index (χ4n) is 2.39. The Morgan fingerprint density at radius 3 is 2.63 bits per heavy atom. The molecular formula is C15H19N3O. The molecule has 19 heavy (non-hydrogen) atoms. The van der Waals surface area contributed by atoms with E-state index in [9.17, 15) is 5.11 Å². The van der Waals surface area contributed by atoms with E-state index in [-0.39, 0.29) is 0 Å². The second-order valence-corrected chi connectivity index (χ2v) is 5.30. The van der Waals surface area contributed by atoms with E-state index in [0.29, 0.717) is 6.54 Å². The maximum atomic E-state index is 9.98. The molecule has 4 heteroatoms. The zero-order chi connectivity index (χ0) is 13.1. The minimum absolute atomic E-state index is 0.449. The highest BCUT2D eigenvalue weighted by Crippen LogP contribution is 2.30. The Bertz CT molecular complexity index is 515. The first-order valence-electron chi connectivity index (χ1n) is 6.77. The minimum Gasteiger partial charge on any atom is -0.389 e. The standard InChI is InChI=1S/C15H19N3O/c19-15(7-1-8-15)12-16-11-13-3-5-14(6-4-13)18-10-2-9-17-18/h2-6,9-10,16,19H,1,7-8,11-12H2. The lowest BCUT2D eigenvalue weighted by atomic mass is 9.80. The molecule has 1 aliphatic carbocycles. The van der Waals surface area contributed by atoms with Crippen LogP contribution < -0.4 is 5.32 Å². The van der Waals surface area contributed by atoms with Crippen molar-refractivity contribution in [3.05, 3.63) is 48.3 Å². The van der Waals surface area contributed by atoms with Crippen molar-refractivity contribution < 1.29 is 5.11 Å². The van der Waals surface area contributed by atoms with Crippen LogP contribution in [0.5, 0.6) is 0 Å². The van der Waals surface area contributed by atoms with Crippen LogP contribution in [0.3, 0.4) is 0 Å². The molecule has 1 fully saturated rings. The molecule has 4 nitrogen and oxygen atoms in total. The van der Waals surface area contributed by atoms with Crippen LogP contribution in [0.25, 0.3) is 5.69 Å². The number of nitrogens with zero attached hydrogens (tertiary/aromatic N) is 2. The summed E-state index contributed by atoms with van der Waals surface area (Å²) >= 11 is 0. The molecule has 0 spiro atoms. The third-order valence-corrected chi connectivity index (χ3v) is 3.77. The van der Waals surface area contributed by atoms with Crippen LogP contribution >= 0.6 is 0 Å². The van der Waals surface area contributed by atoms with Gasteiger partial charge in [-0.05, 0) is 43.0 Å². The van der Waals surface area contributed by atoms with Crippen LogP contribution in [0, 0.1) is 0 Å². The molecule has 1 aliphatic rings. The number of benzene rings is 1. The molecule has 0 aliphatic heterocycles. The molecule has 0 radical (unpaired) electrons. The molecule has 0 amide bonds. The predicted molar refractivity (Wildman–Crippen MR) is 74.1 cm³/mol. The summed E-state index contributed by atoms with van der Waals surface area (Å²) in [5, 5.41) is 17.5. The molecule has 1 saturated carbocycles. The van der Waals surface area contributed by atoms with E-state index in [2.05, 4.69) is 34.7 Å². The topological polar surface area (TPSA) is 50.1 Å². The van der Waals surface area contributed by atoms with Gasteiger partial charge in [0, 0.05) is 25.5 Å². The number of aromatic nitrogens is 2. The zero-order valence-corrected chi connectivity index (χ0v) is 10.9. The van der Waals surface area contributed by atoms with Gasteiger partial charge in [-0.3, -0.25) is 0 Å². The maximum Gasteiger partial charge on any atom is 0.0771 e. The fraction of sp³-hybridized carbons (Fsp3) is 0.400. The van der Waals surface area contributed by atoms with Crippen molar-refractivity contribution in [3.63, 3.8) is 0 Å². The highest BCUT2D eigenvalue weighted by atomic mass is 16.3. The third-order valence-electron chi connectivity index (χ3n) is 3.77. The lowest BCUT2D eigenvalue weighted by Gasteiger charge is -2.36. The van der Waals surface area contributed by atoms with Crippen molar-refractivity contribution in [2.45, 2.75) is 31.4 Å². The van der Waals surface area contributed by atoms with Crippen LogP contribution in [0.4, 0.5) is 0 Å². The Labute approximate surface area is 113 Å². The van der Waals surface area contributed by atoms with Gasteiger partial charge in [0.1, 0.15) is 0 Å². The van der Waals surface area contributed by atoms with E-state index in [1.807, 2.05) is 16.9 Å². The van der Waals surface area contributed by atoms with Crippen molar-refractivity contribution in [1.82, 2.24) is 15.1 Å². The van der Waals surface area contributed by atoms with E-state index in [1.165, 1.54) is 5.56 Å². The largest absolute Gasteiger partial charge is 0.389 e. The quantitative estimate of drug-likeness (QED) is 0.860. The van der Waals surface area contributed by atoms with Crippen LogP contribution in [-0.4, -0.2) is 27.0 Å². The third kappa shape index (κ3) is 2.85. The minimum atomic E-state index is -0.449. The van der Waals surface area contributed by atoms with Crippen LogP contribution in [0.2, 0.25) is 0 Å². The molecule has 0 unspecified atom stereocenters. The van der Waals surface area contributed by atoms with Crippen LogP contribution in [-0.2, 0) is 6.54 Å². The van der Waals surface area contributed by atoms with Gasteiger partial charge in [0.25, 0.3) is 0 Å². The maximum absolute atomic E-state index is 9.98. The van der Waals surface area contributed by atoms with E-state index >= 15 is 0 Å². The molecule has 0 saturated heterocycles. The molecule has 1 heterocycles. The summed E-state index contributed by atoms with van der Waals surface area (Å²) in [7, 11) is 0. The molecule has 1 aromatic heterocycles. The predicted octanol–water partition coefficient (Wildman–Crippen LogP) is 1.88.